The van der Waals surface area contributed by atoms with Crippen LogP contribution in [0.1, 0.15) is 43.4 Å². The smallest absolute Gasteiger partial charge is 0.417 e. The van der Waals surface area contributed by atoms with Crippen LogP contribution in [-0.2, 0) is 22.3 Å². The van der Waals surface area contributed by atoms with Crippen LogP contribution in [0.25, 0.3) is 0 Å². The fraction of sp³-hybridized carbons (Fsp3) is 0.458. The Balaban J connectivity index is 1.30. The third-order valence-corrected chi connectivity index (χ3v) is 7.33. The number of aromatic nitrogens is 1. The Morgan fingerprint density at radius 2 is 1.89 bits per heavy atom. The highest BCUT2D eigenvalue weighted by Crippen LogP contribution is 2.52. The van der Waals surface area contributed by atoms with Crippen LogP contribution in [0.15, 0.2) is 36.5 Å². The van der Waals surface area contributed by atoms with E-state index in [4.69, 9.17) is 16.3 Å². The van der Waals surface area contributed by atoms with Gasteiger partial charge in [-0.05, 0) is 56.4 Å². The predicted molar refractivity (Wildman–Crippen MR) is 120 cm³/mol. The van der Waals surface area contributed by atoms with Crippen LogP contribution in [-0.4, -0.2) is 40.2 Å². The normalized spacial score (nSPS) is 25.3. The quantitative estimate of drug-likeness (QED) is 0.474. The third-order valence-electron chi connectivity index (χ3n) is 7.02. The number of pyridine rings is 1. The summed E-state index contributed by atoms with van der Waals surface area (Å²) in [4.78, 5) is 29.2. The van der Waals surface area contributed by atoms with Crippen molar-refractivity contribution < 1.29 is 37.0 Å². The second-order valence-electron chi connectivity index (χ2n) is 9.29. The van der Waals surface area contributed by atoms with Crippen molar-refractivity contribution in [3.63, 3.8) is 0 Å². The minimum absolute atomic E-state index is 0.0627. The van der Waals surface area contributed by atoms with Crippen LogP contribution in [0, 0.1) is 11.2 Å². The number of benzene rings is 1. The maximum absolute atomic E-state index is 13.5. The Labute approximate surface area is 209 Å². The molecule has 1 aromatic carbocycles. The van der Waals surface area contributed by atoms with Gasteiger partial charge in [-0.15, -0.1) is 0 Å². The lowest BCUT2D eigenvalue weighted by Gasteiger charge is -2.55. The maximum atomic E-state index is 13.5. The number of carbonyl (C=O) groups excluding carboxylic acids is 2. The first kappa shape index (κ1) is 26.2. The molecular formula is C24H24ClF4N3O4. The number of aliphatic hydroxyl groups excluding tert-OH is 1. The largest absolute Gasteiger partial charge is 0.484 e. The first-order valence-electron chi connectivity index (χ1n) is 11.3. The molecule has 5 rings (SSSR count). The minimum Gasteiger partial charge on any atom is -0.484 e. The molecule has 0 unspecified atom stereocenters. The van der Waals surface area contributed by atoms with Gasteiger partial charge in [0.2, 0.25) is 5.91 Å². The number of rotatable bonds is 7. The number of carbonyl (C=O) groups is 2. The van der Waals surface area contributed by atoms with E-state index >= 15 is 0 Å². The molecule has 3 aliphatic rings. The third kappa shape index (κ3) is 5.41. The fourth-order valence-electron chi connectivity index (χ4n) is 4.92. The number of amides is 2. The maximum Gasteiger partial charge on any atom is 0.417 e. The second-order valence-corrected chi connectivity index (χ2v) is 9.70. The van der Waals surface area contributed by atoms with E-state index in [2.05, 4.69) is 15.6 Å². The predicted octanol–water partition coefficient (Wildman–Crippen LogP) is 3.77. The minimum atomic E-state index is -4.50. The number of hydrogen-bond acceptors (Lipinski definition) is 5. The van der Waals surface area contributed by atoms with Gasteiger partial charge in [-0.1, -0.05) is 11.6 Å². The Morgan fingerprint density at radius 3 is 2.47 bits per heavy atom. The highest BCUT2D eigenvalue weighted by molar-refractivity contribution is 6.30. The zero-order valence-electron chi connectivity index (χ0n) is 19.0. The van der Waals surface area contributed by atoms with E-state index in [1.54, 1.807) is 0 Å². The number of aliphatic hydroxyl groups is 1. The highest BCUT2D eigenvalue weighted by atomic mass is 35.5. The summed E-state index contributed by atoms with van der Waals surface area (Å²) < 4.78 is 56.9. The molecule has 1 atom stereocenters. The first-order chi connectivity index (χ1) is 16.9. The van der Waals surface area contributed by atoms with Gasteiger partial charge in [-0.25, -0.2) is 4.39 Å². The van der Waals surface area contributed by atoms with Gasteiger partial charge in [-0.3, -0.25) is 14.6 Å². The van der Waals surface area contributed by atoms with E-state index < -0.39 is 46.4 Å². The lowest BCUT2D eigenvalue weighted by molar-refractivity contribution is -0.156. The lowest BCUT2D eigenvalue weighted by Crippen LogP contribution is -2.65. The number of nitrogens with zero attached hydrogens (tertiary/aromatic N) is 1. The average molecular weight is 530 g/mol. The molecule has 1 aromatic heterocycles. The molecule has 2 amide bonds. The molecule has 3 aliphatic carbocycles. The van der Waals surface area contributed by atoms with E-state index in [9.17, 15) is 32.3 Å². The molecule has 2 bridgehead atoms. The van der Waals surface area contributed by atoms with Gasteiger partial charge in [0.1, 0.15) is 11.6 Å². The van der Waals surface area contributed by atoms with Crippen LogP contribution in [0.4, 0.5) is 17.6 Å². The van der Waals surface area contributed by atoms with E-state index in [1.807, 2.05) is 0 Å². The van der Waals surface area contributed by atoms with Crippen LogP contribution in [0.2, 0.25) is 5.02 Å². The molecule has 3 N–H and O–H groups in total. The van der Waals surface area contributed by atoms with Gasteiger partial charge >= 0.3 is 6.18 Å². The van der Waals surface area contributed by atoms with Crippen LogP contribution in [0.3, 0.4) is 0 Å². The van der Waals surface area contributed by atoms with Crippen molar-refractivity contribution in [3.8, 4) is 5.75 Å². The molecule has 194 valence electrons. The van der Waals surface area contributed by atoms with E-state index in [0.29, 0.717) is 31.9 Å². The van der Waals surface area contributed by atoms with Crippen LogP contribution >= 0.6 is 11.6 Å². The van der Waals surface area contributed by atoms with Crippen molar-refractivity contribution in [2.24, 2.45) is 5.41 Å². The highest BCUT2D eigenvalue weighted by Gasteiger charge is 2.58. The summed E-state index contributed by atoms with van der Waals surface area (Å²) in [6.45, 7) is -0.430. The number of nitrogens with one attached hydrogen (secondary N) is 2. The Kier molecular flexibility index (Phi) is 7.16. The van der Waals surface area contributed by atoms with Gasteiger partial charge in [-0.2, -0.15) is 13.2 Å². The topological polar surface area (TPSA) is 101 Å². The molecule has 0 saturated heterocycles. The van der Waals surface area contributed by atoms with Crippen LogP contribution < -0.4 is 15.4 Å². The number of hydrogen-bond donors (Lipinski definition) is 3. The summed E-state index contributed by atoms with van der Waals surface area (Å²) in [5, 5.41) is 16.4. The van der Waals surface area contributed by atoms with E-state index in [0.717, 1.165) is 12.1 Å². The molecule has 3 fully saturated rings. The Bertz CT molecular complexity index is 1140. The summed E-state index contributed by atoms with van der Waals surface area (Å²) in [5.41, 5.74) is -2.36. The number of halogens is 5. The van der Waals surface area contributed by atoms with Crippen molar-refractivity contribution in [1.29, 1.82) is 0 Å². The Morgan fingerprint density at radius 1 is 1.17 bits per heavy atom. The number of fused-ring (bicyclic) bond motifs is 3. The standard InChI is InChI=1S/C24H24ClF4N3O4/c25-17-4-3-16(9-18(17)26)36-13-20(34)32-22-5-7-23(8-6-22,19(33)10-22)21(35)31-12-15-2-1-14(11-30-15)24(27,28)29/h1-4,9,11,19,33H,5-8,10,12-13H2,(H,31,35)(H,32,34)/t19-,22?,23?/m0/s1. The molecule has 0 aliphatic heterocycles. The van der Waals surface area contributed by atoms with E-state index in [1.165, 1.54) is 18.2 Å². The molecule has 0 radical (unpaired) electrons. The SMILES string of the molecule is O=C(COc1ccc(Cl)c(F)c1)NC12CCC(C(=O)NCc3ccc(C(F)(F)F)cn3)(CC1)[C@@H](O)C2. The Hall–Kier alpha value is -2.92. The van der Waals surface area contributed by atoms with Gasteiger partial charge in [0.15, 0.2) is 6.61 Å². The van der Waals surface area contributed by atoms with Gasteiger partial charge in [0.25, 0.3) is 5.91 Å². The summed E-state index contributed by atoms with van der Waals surface area (Å²) in [7, 11) is 0. The van der Waals surface area contributed by atoms with Crippen LogP contribution in [0.5, 0.6) is 5.75 Å². The monoisotopic (exact) mass is 529 g/mol. The van der Waals surface area contributed by atoms with Crippen molar-refractivity contribution >= 4 is 23.4 Å². The molecular weight excluding hydrogens is 506 g/mol. The van der Waals surface area contributed by atoms with Gasteiger partial charge < -0.3 is 20.5 Å². The average Bonchev–Trinajstić information content (AvgIpc) is 2.83. The van der Waals surface area contributed by atoms with Gasteiger partial charge in [0.05, 0.1) is 34.3 Å². The molecule has 3 saturated carbocycles. The molecule has 12 heteroatoms. The summed E-state index contributed by atoms with van der Waals surface area (Å²) in [5.74, 6) is -1.36. The summed E-state index contributed by atoms with van der Waals surface area (Å²) >= 11 is 5.63. The summed E-state index contributed by atoms with van der Waals surface area (Å²) in [6, 6.07) is 5.92. The lowest BCUT2D eigenvalue weighted by atomic mass is 9.55. The fourth-order valence-corrected chi connectivity index (χ4v) is 5.04. The van der Waals surface area contributed by atoms with Crippen molar-refractivity contribution in [2.45, 2.75) is 56.5 Å². The summed E-state index contributed by atoms with van der Waals surface area (Å²) in [6.07, 6.45) is -3.08. The van der Waals surface area contributed by atoms with E-state index in [-0.39, 0.29) is 36.0 Å². The van der Waals surface area contributed by atoms with Crippen molar-refractivity contribution in [3.05, 3.63) is 58.6 Å². The number of alkyl halides is 3. The zero-order chi connectivity index (χ0) is 26.1. The molecule has 2 aromatic rings. The van der Waals surface area contributed by atoms with Crippen molar-refractivity contribution in [2.75, 3.05) is 6.61 Å². The molecule has 7 nitrogen and oxygen atoms in total. The first-order valence-corrected chi connectivity index (χ1v) is 11.7. The van der Waals surface area contributed by atoms with Gasteiger partial charge in [0, 0.05) is 17.8 Å². The molecule has 0 spiro atoms. The molecule has 1 heterocycles. The zero-order valence-corrected chi connectivity index (χ0v) is 19.8. The molecule has 36 heavy (non-hydrogen) atoms. The second kappa shape index (κ2) is 9.85. The number of ether oxygens (including phenoxy) is 1. The van der Waals surface area contributed by atoms with Crippen molar-refractivity contribution in [1.82, 2.24) is 15.6 Å².